The fourth-order valence-electron chi connectivity index (χ4n) is 3.35. The molecule has 0 amide bonds. The molecule has 0 aromatic carbocycles. The Morgan fingerprint density at radius 3 is 2.79 bits per heavy atom. The number of furan rings is 1. The maximum Gasteiger partial charge on any atom is 0.217 e. The van der Waals surface area contributed by atoms with E-state index in [-0.39, 0.29) is 0 Å². The van der Waals surface area contributed by atoms with Crippen LogP contribution in [0.5, 0.6) is 0 Å². The van der Waals surface area contributed by atoms with Crippen molar-refractivity contribution < 1.29 is 4.42 Å². The van der Waals surface area contributed by atoms with Crippen molar-refractivity contribution >= 4 is 24.4 Å². The third-order valence-electron chi connectivity index (χ3n) is 4.68. The van der Waals surface area contributed by atoms with Crippen molar-refractivity contribution in [3.8, 4) is 0 Å². The molecule has 1 saturated carbocycles. The van der Waals surface area contributed by atoms with Crippen LogP contribution in [0.4, 0.5) is 0 Å². The van der Waals surface area contributed by atoms with Gasteiger partial charge >= 0.3 is 0 Å². The molecule has 2 aromatic rings. The molecule has 3 rings (SSSR count). The standard InChI is InChI=1S/C18H26N4OS/c1-3-21(15-7-5-4-6-8-15)13-22-18(24)19-17(20-22)12-11-16-10-9-14(2)23-16/h9-12,15H,3-8,13H2,1-2H3,(H,19,20,24)/b12-11+. The van der Waals surface area contributed by atoms with Gasteiger partial charge in [-0.25, -0.2) is 4.68 Å². The first-order valence-corrected chi connectivity index (χ1v) is 9.22. The van der Waals surface area contributed by atoms with E-state index in [0.29, 0.717) is 10.8 Å². The van der Waals surface area contributed by atoms with E-state index in [2.05, 4.69) is 21.9 Å². The predicted molar refractivity (Wildman–Crippen MR) is 99.0 cm³/mol. The van der Waals surface area contributed by atoms with Crippen LogP contribution >= 0.6 is 12.2 Å². The van der Waals surface area contributed by atoms with Crippen LogP contribution in [0, 0.1) is 11.7 Å². The molecule has 0 saturated heterocycles. The minimum atomic E-state index is 0.597. The summed E-state index contributed by atoms with van der Waals surface area (Å²) in [6.45, 7) is 5.96. The Kier molecular flexibility index (Phi) is 5.68. The van der Waals surface area contributed by atoms with E-state index >= 15 is 0 Å². The average molecular weight is 347 g/mol. The van der Waals surface area contributed by atoms with Gasteiger partial charge in [-0.1, -0.05) is 26.2 Å². The quantitative estimate of drug-likeness (QED) is 0.775. The topological polar surface area (TPSA) is 50.0 Å². The molecule has 6 heteroatoms. The molecule has 0 bridgehead atoms. The Labute approximate surface area is 148 Å². The third-order valence-corrected chi connectivity index (χ3v) is 5.00. The number of aryl methyl sites for hydroxylation is 1. The molecule has 1 aliphatic carbocycles. The van der Waals surface area contributed by atoms with Crippen LogP contribution in [0.15, 0.2) is 16.5 Å². The highest BCUT2D eigenvalue weighted by Gasteiger charge is 2.20. The fraction of sp³-hybridized carbons (Fsp3) is 0.556. The molecule has 1 fully saturated rings. The number of H-pyrrole nitrogens is 1. The van der Waals surface area contributed by atoms with Crippen molar-refractivity contribution in [2.75, 3.05) is 6.54 Å². The first kappa shape index (κ1) is 17.2. The Morgan fingerprint density at radius 2 is 2.12 bits per heavy atom. The number of hydrogen-bond donors (Lipinski definition) is 1. The maximum absolute atomic E-state index is 5.53. The molecule has 0 spiro atoms. The normalized spacial score (nSPS) is 16.5. The van der Waals surface area contributed by atoms with Crippen molar-refractivity contribution in [1.29, 1.82) is 0 Å². The van der Waals surface area contributed by atoms with Gasteiger partial charge in [-0.15, -0.1) is 0 Å². The number of hydrogen-bond acceptors (Lipinski definition) is 4. The lowest BCUT2D eigenvalue weighted by Crippen LogP contribution is -2.38. The molecule has 130 valence electrons. The zero-order chi connectivity index (χ0) is 16.9. The van der Waals surface area contributed by atoms with E-state index in [1.54, 1.807) is 0 Å². The van der Waals surface area contributed by atoms with Crippen LogP contribution in [0.2, 0.25) is 0 Å². The lowest BCUT2D eigenvalue weighted by molar-refractivity contribution is 0.119. The van der Waals surface area contributed by atoms with E-state index in [1.165, 1.54) is 32.1 Å². The Hall–Kier alpha value is -1.66. The van der Waals surface area contributed by atoms with Crippen LogP contribution in [-0.4, -0.2) is 32.3 Å². The second-order valence-corrected chi connectivity index (χ2v) is 6.80. The highest BCUT2D eigenvalue weighted by molar-refractivity contribution is 7.71. The smallest absolute Gasteiger partial charge is 0.217 e. The second-order valence-electron chi connectivity index (χ2n) is 6.44. The Bertz CT molecular complexity index is 736. The van der Waals surface area contributed by atoms with E-state index in [4.69, 9.17) is 16.6 Å². The predicted octanol–water partition coefficient (Wildman–Crippen LogP) is 4.62. The van der Waals surface area contributed by atoms with Crippen molar-refractivity contribution in [3.05, 3.63) is 34.2 Å². The molecular formula is C18H26N4OS. The monoisotopic (exact) mass is 346 g/mol. The summed E-state index contributed by atoms with van der Waals surface area (Å²) in [5.41, 5.74) is 0. The van der Waals surface area contributed by atoms with E-state index in [0.717, 1.165) is 30.6 Å². The largest absolute Gasteiger partial charge is 0.462 e. The molecule has 2 aromatic heterocycles. The van der Waals surface area contributed by atoms with Gasteiger partial charge in [0.05, 0.1) is 6.67 Å². The van der Waals surface area contributed by atoms with Gasteiger partial charge in [0.15, 0.2) is 0 Å². The van der Waals surface area contributed by atoms with E-state index < -0.39 is 0 Å². The number of rotatable bonds is 6. The van der Waals surface area contributed by atoms with Crippen LogP contribution in [0.1, 0.15) is 56.4 Å². The summed E-state index contributed by atoms with van der Waals surface area (Å²) in [5.74, 6) is 2.48. The zero-order valence-corrected chi connectivity index (χ0v) is 15.3. The van der Waals surface area contributed by atoms with Crippen molar-refractivity contribution in [2.24, 2.45) is 0 Å². The summed E-state index contributed by atoms with van der Waals surface area (Å²) in [6, 6.07) is 4.56. The molecule has 5 nitrogen and oxygen atoms in total. The third kappa shape index (κ3) is 4.24. The second kappa shape index (κ2) is 7.94. The van der Waals surface area contributed by atoms with Crippen LogP contribution in [-0.2, 0) is 6.67 Å². The lowest BCUT2D eigenvalue weighted by atomic mass is 9.94. The van der Waals surface area contributed by atoms with Gasteiger partial charge in [0.1, 0.15) is 17.3 Å². The molecule has 0 unspecified atom stereocenters. The minimum absolute atomic E-state index is 0.597. The molecule has 0 atom stereocenters. The molecule has 0 radical (unpaired) electrons. The molecule has 1 aliphatic rings. The average Bonchev–Trinajstić information content (AvgIpc) is 3.17. The molecule has 0 aliphatic heterocycles. The van der Waals surface area contributed by atoms with E-state index in [1.807, 2.05) is 35.9 Å². The van der Waals surface area contributed by atoms with Crippen molar-refractivity contribution in [2.45, 2.75) is 58.7 Å². The highest BCUT2D eigenvalue weighted by Crippen LogP contribution is 2.22. The Balaban J connectivity index is 1.68. The SMILES string of the molecule is CCN(Cn1[nH]c(/C=C/c2ccc(C)o2)nc1=S)C1CCCCC1. The number of nitrogens with zero attached hydrogens (tertiary/aromatic N) is 3. The Morgan fingerprint density at radius 1 is 1.33 bits per heavy atom. The summed E-state index contributed by atoms with van der Waals surface area (Å²) < 4.78 is 8.09. The van der Waals surface area contributed by atoms with Gasteiger partial charge in [0.2, 0.25) is 4.77 Å². The number of aromatic amines is 1. The van der Waals surface area contributed by atoms with Gasteiger partial charge in [0.25, 0.3) is 0 Å². The summed E-state index contributed by atoms with van der Waals surface area (Å²) in [5, 5.41) is 3.29. The van der Waals surface area contributed by atoms with Gasteiger partial charge in [-0.2, -0.15) is 4.98 Å². The van der Waals surface area contributed by atoms with Gasteiger partial charge in [0, 0.05) is 6.04 Å². The first-order valence-electron chi connectivity index (χ1n) is 8.81. The first-order chi connectivity index (χ1) is 11.7. The summed E-state index contributed by atoms with van der Waals surface area (Å²) >= 11 is 5.41. The summed E-state index contributed by atoms with van der Waals surface area (Å²) in [6.07, 6.45) is 10.4. The van der Waals surface area contributed by atoms with E-state index in [9.17, 15) is 0 Å². The van der Waals surface area contributed by atoms with Crippen LogP contribution in [0.3, 0.4) is 0 Å². The zero-order valence-electron chi connectivity index (χ0n) is 14.5. The van der Waals surface area contributed by atoms with Gasteiger partial charge in [-0.3, -0.25) is 10.00 Å². The highest BCUT2D eigenvalue weighted by atomic mass is 32.1. The van der Waals surface area contributed by atoms with Crippen LogP contribution in [0.25, 0.3) is 12.2 Å². The minimum Gasteiger partial charge on any atom is -0.462 e. The summed E-state index contributed by atoms with van der Waals surface area (Å²) in [7, 11) is 0. The van der Waals surface area contributed by atoms with Crippen LogP contribution < -0.4 is 0 Å². The van der Waals surface area contributed by atoms with Gasteiger partial charge < -0.3 is 4.42 Å². The fourth-order valence-corrected chi connectivity index (χ4v) is 3.55. The molecule has 1 N–H and O–H groups in total. The lowest BCUT2D eigenvalue weighted by Gasteiger charge is -2.33. The van der Waals surface area contributed by atoms with Crippen molar-refractivity contribution in [3.63, 3.8) is 0 Å². The van der Waals surface area contributed by atoms with Gasteiger partial charge in [-0.05, 0) is 62.8 Å². The van der Waals surface area contributed by atoms with Crippen molar-refractivity contribution in [1.82, 2.24) is 19.7 Å². The molecule has 2 heterocycles. The number of aromatic nitrogens is 3. The number of nitrogens with one attached hydrogen (secondary N) is 1. The molecule has 24 heavy (non-hydrogen) atoms. The molecular weight excluding hydrogens is 320 g/mol. The maximum atomic E-state index is 5.53. The summed E-state index contributed by atoms with van der Waals surface area (Å²) in [4.78, 5) is 6.93.